The van der Waals surface area contributed by atoms with Gasteiger partial charge in [0.2, 0.25) is 5.76 Å². The summed E-state index contributed by atoms with van der Waals surface area (Å²) in [6.45, 7) is 6.88. The van der Waals surface area contributed by atoms with Gasteiger partial charge in [-0.1, -0.05) is 13.8 Å². The van der Waals surface area contributed by atoms with Crippen molar-refractivity contribution in [1.29, 1.82) is 0 Å². The summed E-state index contributed by atoms with van der Waals surface area (Å²) in [5, 5.41) is 0. The van der Waals surface area contributed by atoms with E-state index in [4.69, 9.17) is 13.9 Å². The molecule has 5 heteroatoms. The molecule has 1 aromatic rings. The maximum atomic E-state index is 11.9. The van der Waals surface area contributed by atoms with Crippen molar-refractivity contribution in [2.75, 3.05) is 13.2 Å². The van der Waals surface area contributed by atoms with E-state index in [9.17, 15) is 4.79 Å². The molecular formula is C15H23NO4. The number of nitrogens with zero attached hydrogens (tertiary/aromatic N) is 1. The van der Waals surface area contributed by atoms with Crippen LogP contribution in [0, 0.1) is 0 Å². The Morgan fingerprint density at radius 1 is 1.45 bits per heavy atom. The molecule has 0 amide bonds. The standard InChI is InChI=1S/C15H23NO4/c1-4-18-15(17)14-13(10(2)3)16-12(20-14)9-11-7-5-6-8-19-11/h10-11H,4-9H2,1-3H3. The fraction of sp³-hybridized carbons (Fsp3) is 0.733. The second-order valence-corrected chi connectivity index (χ2v) is 5.39. The topological polar surface area (TPSA) is 61.6 Å². The van der Waals surface area contributed by atoms with Gasteiger partial charge in [0.05, 0.1) is 24.8 Å². The highest BCUT2D eigenvalue weighted by atomic mass is 16.5. The molecule has 20 heavy (non-hydrogen) atoms. The van der Waals surface area contributed by atoms with E-state index in [-0.39, 0.29) is 17.8 Å². The molecule has 1 aromatic heterocycles. The normalized spacial score (nSPS) is 19.3. The lowest BCUT2D eigenvalue weighted by atomic mass is 10.1. The highest BCUT2D eigenvalue weighted by Crippen LogP contribution is 2.24. The monoisotopic (exact) mass is 281 g/mol. The largest absolute Gasteiger partial charge is 0.460 e. The van der Waals surface area contributed by atoms with E-state index in [0.717, 1.165) is 19.4 Å². The van der Waals surface area contributed by atoms with Crippen molar-refractivity contribution in [2.24, 2.45) is 0 Å². The number of ether oxygens (including phenoxy) is 2. The minimum atomic E-state index is -0.431. The zero-order valence-electron chi connectivity index (χ0n) is 12.5. The van der Waals surface area contributed by atoms with Crippen LogP contribution in [-0.2, 0) is 15.9 Å². The molecule has 1 aliphatic heterocycles. The molecule has 2 heterocycles. The van der Waals surface area contributed by atoms with Crippen LogP contribution in [0.25, 0.3) is 0 Å². The Hall–Kier alpha value is -1.36. The third-order valence-electron chi connectivity index (χ3n) is 3.38. The quantitative estimate of drug-likeness (QED) is 0.776. The van der Waals surface area contributed by atoms with E-state index in [0.29, 0.717) is 24.6 Å². The van der Waals surface area contributed by atoms with Crippen molar-refractivity contribution in [2.45, 2.75) is 58.5 Å². The van der Waals surface area contributed by atoms with E-state index < -0.39 is 5.97 Å². The smallest absolute Gasteiger partial charge is 0.376 e. The molecule has 0 spiro atoms. The SMILES string of the molecule is CCOC(=O)c1oc(CC2CCCCO2)nc1C(C)C. The third kappa shape index (κ3) is 3.60. The van der Waals surface area contributed by atoms with Gasteiger partial charge in [0.15, 0.2) is 5.89 Å². The maximum Gasteiger partial charge on any atom is 0.376 e. The Balaban J connectivity index is 2.13. The van der Waals surface area contributed by atoms with Crippen molar-refractivity contribution >= 4 is 5.97 Å². The predicted octanol–water partition coefficient (Wildman–Crippen LogP) is 3.09. The maximum absolute atomic E-state index is 11.9. The van der Waals surface area contributed by atoms with Gasteiger partial charge in [-0.05, 0) is 32.1 Å². The summed E-state index contributed by atoms with van der Waals surface area (Å²) < 4.78 is 16.3. The Morgan fingerprint density at radius 2 is 2.25 bits per heavy atom. The number of hydrogen-bond donors (Lipinski definition) is 0. The van der Waals surface area contributed by atoms with E-state index in [1.807, 2.05) is 13.8 Å². The fourth-order valence-electron chi connectivity index (χ4n) is 2.36. The van der Waals surface area contributed by atoms with Gasteiger partial charge in [-0.15, -0.1) is 0 Å². The lowest BCUT2D eigenvalue weighted by molar-refractivity contribution is 0.0127. The van der Waals surface area contributed by atoms with Gasteiger partial charge in [0.25, 0.3) is 0 Å². The van der Waals surface area contributed by atoms with Crippen LogP contribution in [0.15, 0.2) is 4.42 Å². The number of esters is 1. The van der Waals surface area contributed by atoms with Gasteiger partial charge in [-0.25, -0.2) is 9.78 Å². The van der Waals surface area contributed by atoms with Crippen LogP contribution in [0.2, 0.25) is 0 Å². The highest BCUT2D eigenvalue weighted by Gasteiger charge is 2.25. The van der Waals surface area contributed by atoms with Crippen molar-refractivity contribution in [3.05, 3.63) is 17.3 Å². The van der Waals surface area contributed by atoms with E-state index in [2.05, 4.69) is 4.98 Å². The highest BCUT2D eigenvalue weighted by molar-refractivity contribution is 5.87. The molecule has 0 saturated carbocycles. The fourth-order valence-corrected chi connectivity index (χ4v) is 2.36. The van der Waals surface area contributed by atoms with Crippen LogP contribution in [0.5, 0.6) is 0 Å². The molecule has 0 aliphatic carbocycles. The van der Waals surface area contributed by atoms with Crippen LogP contribution in [0.4, 0.5) is 0 Å². The first-order valence-electron chi connectivity index (χ1n) is 7.40. The molecule has 2 rings (SSSR count). The second-order valence-electron chi connectivity index (χ2n) is 5.39. The lowest BCUT2D eigenvalue weighted by Crippen LogP contribution is -2.21. The number of carbonyl (C=O) groups excluding carboxylic acids is 1. The van der Waals surface area contributed by atoms with Gasteiger partial charge >= 0.3 is 5.97 Å². The lowest BCUT2D eigenvalue weighted by Gasteiger charge is -2.20. The van der Waals surface area contributed by atoms with Gasteiger partial charge in [-0.3, -0.25) is 0 Å². The molecule has 1 fully saturated rings. The van der Waals surface area contributed by atoms with Crippen LogP contribution < -0.4 is 0 Å². The summed E-state index contributed by atoms with van der Waals surface area (Å²) in [7, 11) is 0. The molecule has 0 aromatic carbocycles. The first-order chi connectivity index (χ1) is 9.61. The summed E-state index contributed by atoms with van der Waals surface area (Å²) in [4.78, 5) is 16.3. The van der Waals surface area contributed by atoms with Crippen LogP contribution in [-0.4, -0.2) is 30.3 Å². The Bertz CT molecular complexity index is 447. The minimum Gasteiger partial charge on any atom is -0.460 e. The first kappa shape index (κ1) is 15.0. The number of hydrogen-bond acceptors (Lipinski definition) is 5. The Kier molecular flexibility index (Phi) is 5.17. The second kappa shape index (κ2) is 6.88. The van der Waals surface area contributed by atoms with Crippen molar-refractivity contribution in [1.82, 2.24) is 4.98 Å². The van der Waals surface area contributed by atoms with E-state index in [1.54, 1.807) is 6.92 Å². The minimum absolute atomic E-state index is 0.124. The third-order valence-corrected chi connectivity index (χ3v) is 3.38. The molecule has 1 atom stereocenters. The van der Waals surface area contributed by atoms with Crippen molar-refractivity contribution < 1.29 is 18.7 Å². The summed E-state index contributed by atoms with van der Waals surface area (Å²) in [6.07, 6.45) is 4.09. The number of aromatic nitrogens is 1. The van der Waals surface area contributed by atoms with Gasteiger partial charge < -0.3 is 13.9 Å². The predicted molar refractivity (Wildman–Crippen MR) is 73.8 cm³/mol. The summed E-state index contributed by atoms with van der Waals surface area (Å²) in [5.41, 5.74) is 0.675. The molecule has 1 aliphatic rings. The zero-order valence-corrected chi connectivity index (χ0v) is 12.5. The Labute approximate surface area is 119 Å². The van der Waals surface area contributed by atoms with Crippen LogP contribution >= 0.6 is 0 Å². The summed E-state index contributed by atoms with van der Waals surface area (Å²) in [6, 6.07) is 0. The summed E-state index contributed by atoms with van der Waals surface area (Å²) in [5.74, 6) is 0.509. The van der Waals surface area contributed by atoms with E-state index in [1.165, 1.54) is 6.42 Å². The van der Waals surface area contributed by atoms with Crippen molar-refractivity contribution in [3.8, 4) is 0 Å². The van der Waals surface area contributed by atoms with Crippen molar-refractivity contribution in [3.63, 3.8) is 0 Å². The molecule has 1 unspecified atom stereocenters. The molecule has 5 nitrogen and oxygen atoms in total. The van der Waals surface area contributed by atoms with Gasteiger partial charge in [-0.2, -0.15) is 0 Å². The van der Waals surface area contributed by atoms with E-state index >= 15 is 0 Å². The number of rotatable bonds is 5. The van der Waals surface area contributed by atoms with Crippen LogP contribution in [0.1, 0.15) is 68.1 Å². The van der Waals surface area contributed by atoms with Gasteiger partial charge in [0.1, 0.15) is 0 Å². The zero-order chi connectivity index (χ0) is 14.5. The average molecular weight is 281 g/mol. The van der Waals surface area contributed by atoms with Gasteiger partial charge in [0, 0.05) is 6.61 Å². The molecule has 1 saturated heterocycles. The molecular weight excluding hydrogens is 258 g/mol. The Morgan fingerprint density at radius 3 is 2.85 bits per heavy atom. The average Bonchev–Trinajstić information content (AvgIpc) is 2.84. The molecule has 112 valence electrons. The molecule has 0 bridgehead atoms. The number of carbonyl (C=O) groups is 1. The van der Waals surface area contributed by atoms with Crippen LogP contribution in [0.3, 0.4) is 0 Å². The summed E-state index contributed by atoms with van der Waals surface area (Å²) >= 11 is 0. The first-order valence-corrected chi connectivity index (χ1v) is 7.40. The molecule has 0 N–H and O–H groups in total. The number of oxazole rings is 1. The molecule has 0 radical (unpaired) electrons.